The van der Waals surface area contributed by atoms with Gasteiger partial charge in [-0.3, -0.25) is 0 Å². The molecule has 2 nitrogen and oxygen atoms in total. The SMILES string of the molecule is Cc1ccc2c(ccn2CCNCc2sccc2C)c1. The van der Waals surface area contributed by atoms with Crippen LogP contribution in [-0.2, 0) is 13.1 Å². The average Bonchev–Trinajstić information content (AvgIpc) is 3.01. The van der Waals surface area contributed by atoms with E-state index >= 15 is 0 Å². The molecule has 0 saturated heterocycles. The molecule has 0 fully saturated rings. The van der Waals surface area contributed by atoms with Gasteiger partial charge in [0.2, 0.25) is 0 Å². The van der Waals surface area contributed by atoms with Crippen LogP contribution >= 0.6 is 11.3 Å². The highest BCUT2D eigenvalue weighted by Crippen LogP contribution is 2.17. The quantitative estimate of drug-likeness (QED) is 0.698. The molecule has 2 aromatic heterocycles. The molecule has 0 spiro atoms. The maximum Gasteiger partial charge on any atom is 0.0480 e. The molecule has 0 amide bonds. The monoisotopic (exact) mass is 284 g/mol. The molecule has 0 aliphatic heterocycles. The molecule has 0 bridgehead atoms. The first-order chi connectivity index (χ1) is 9.74. The fourth-order valence-corrected chi connectivity index (χ4v) is 3.38. The maximum atomic E-state index is 3.53. The molecule has 0 radical (unpaired) electrons. The van der Waals surface area contributed by atoms with E-state index in [-0.39, 0.29) is 0 Å². The Bertz CT molecular complexity index is 709. The predicted octanol–water partition coefficient (Wildman–Crippen LogP) is 4.11. The van der Waals surface area contributed by atoms with E-state index in [0.717, 1.165) is 19.6 Å². The van der Waals surface area contributed by atoms with Crippen molar-refractivity contribution in [2.24, 2.45) is 0 Å². The Kier molecular flexibility index (Phi) is 3.90. The average molecular weight is 284 g/mol. The second kappa shape index (κ2) is 5.81. The molecule has 0 aliphatic rings. The number of nitrogens with one attached hydrogen (secondary N) is 1. The molecule has 0 saturated carbocycles. The Balaban J connectivity index is 1.59. The van der Waals surface area contributed by atoms with Gasteiger partial charge in [-0.05, 0) is 54.4 Å². The first-order valence-corrected chi connectivity index (χ1v) is 7.91. The van der Waals surface area contributed by atoms with Crippen molar-refractivity contribution in [3.63, 3.8) is 0 Å². The Hall–Kier alpha value is -1.58. The van der Waals surface area contributed by atoms with Crippen LogP contribution in [0.25, 0.3) is 10.9 Å². The van der Waals surface area contributed by atoms with Crippen molar-refractivity contribution < 1.29 is 0 Å². The van der Waals surface area contributed by atoms with Gasteiger partial charge in [0.25, 0.3) is 0 Å². The summed E-state index contributed by atoms with van der Waals surface area (Å²) in [7, 11) is 0. The highest BCUT2D eigenvalue weighted by atomic mass is 32.1. The topological polar surface area (TPSA) is 17.0 Å². The standard InChI is InChI=1S/C17H20N2S/c1-13-3-4-16-15(11-13)5-8-19(16)9-7-18-12-17-14(2)6-10-20-17/h3-6,8,10-11,18H,7,9,12H2,1-2H3. The summed E-state index contributed by atoms with van der Waals surface area (Å²) in [6.45, 7) is 7.30. The number of aromatic nitrogens is 1. The number of aryl methyl sites for hydroxylation is 2. The lowest BCUT2D eigenvalue weighted by Crippen LogP contribution is -2.19. The van der Waals surface area contributed by atoms with Gasteiger partial charge < -0.3 is 9.88 Å². The fourth-order valence-electron chi connectivity index (χ4n) is 2.50. The second-order valence-corrected chi connectivity index (χ2v) is 6.28. The van der Waals surface area contributed by atoms with Gasteiger partial charge in [-0.2, -0.15) is 0 Å². The Morgan fingerprint density at radius 3 is 2.85 bits per heavy atom. The van der Waals surface area contributed by atoms with Crippen LogP contribution in [0.4, 0.5) is 0 Å². The summed E-state index contributed by atoms with van der Waals surface area (Å²) < 4.78 is 2.32. The smallest absolute Gasteiger partial charge is 0.0480 e. The molecule has 2 heterocycles. The van der Waals surface area contributed by atoms with Crippen LogP contribution in [0.2, 0.25) is 0 Å². The molecule has 3 rings (SSSR count). The molecule has 3 heteroatoms. The fraction of sp³-hybridized carbons (Fsp3) is 0.294. The Morgan fingerprint density at radius 2 is 2.05 bits per heavy atom. The molecule has 0 aliphatic carbocycles. The van der Waals surface area contributed by atoms with E-state index in [9.17, 15) is 0 Å². The molecule has 0 unspecified atom stereocenters. The van der Waals surface area contributed by atoms with Gasteiger partial charge in [-0.15, -0.1) is 11.3 Å². The number of thiophene rings is 1. The number of rotatable bonds is 5. The third-order valence-corrected chi connectivity index (χ3v) is 4.73. The number of nitrogens with zero attached hydrogens (tertiary/aromatic N) is 1. The van der Waals surface area contributed by atoms with Gasteiger partial charge in [-0.1, -0.05) is 11.6 Å². The first-order valence-electron chi connectivity index (χ1n) is 7.03. The van der Waals surface area contributed by atoms with E-state index in [2.05, 4.69) is 65.6 Å². The highest BCUT2D eigenvalue weighted by Gasteiger charge is 2.02. The van der Waals surface area contributed by atoms with E-state index in [4.69, 9.17) is 0 Å². The summed E-state index contributed by atoms with van der Waals surface area (Å²) in [5.41, 5.74) is 4.04. The second-order valence-electron chi connectivity index (χ2n) is 5.27. The van der Waals surface area contributed by atoms with Gasteiger partial charge in [-0.25, -0.2) is 0 Å². The molecule has 20 heavy (non-hydrogen) atoms. The normalized spacial score (nSPS) is 11.3. The van der Waals surface area contributed by atoms with E-state index in [0.29, 0.717) is 0 Å². The zero-order chi connectivity index (χ0) is 13.9. The van der Waals surface area contributed by atoms with Gasteiger partial charge in [0, 0.05) is 36.2 Å². The minimum absolute atomic E-state index is 0.974. The number of hydrogen-bond acceptors (Lipinski definition) is 2. The van der Waals surface area contributed by atoms with Crippen LogP contribution in [0, 0.1) is 13.8 Å². The van der Waals surface area contributed by atoms with Crippen molar-refractivity contribution in [2.45, 2.75) is 26.9 Å². The molecule has 3 aromatic rings. The van der Waals surface area contributed by atoms with Crippen LogP contribution in [-0.4, -0.2) is 11.1 Å². The van der Waals surface area contributed by atoms with Gasteiger partial charge in [0.05, 0.1) is 0 Å². The molecule has 1 N–H and O–H groups in total. The minimum atomic E-state index is 0.974. The first kappa shape index (κ1) is 13.4. The molecule has 104 valence electrons. The molecule has 0 atom stereocenters. The largest absolute Gasteiger partial charge is 0.346 e. The van der Waals surface area contributed by atoms with Crippen molar-refractivity contribution in [3.05, 3.63) is 57.9 Å². The lowest BCUT2D eigenvalue weighted by atomic mass is 10.2. The lowest BCUT2D eigenvalue weighted by Gasteiger charge is -2.07. The molecular weight excluding hydrogens is 264 g/mol. The number of fused-ring (bicyclic) bond motifs is 1. The van der Waals surface area contributed by atoms with Crippen molar-refractivity contribution in [2.75, 3.05) is 6.54 Å². The summed E-state index contributed by atoms with van der Waals surface area (Å²) in [5.74, 6) is 0. The lowest BCUT2D eigenvalue weighted by molar-refractivity contribution is 0.612. The molecule has 1 aromatic carbocycles. The third kappa shape index (κ3) is 2.79. The van der Waals surface area contributed by atoms with E-state index in [1.165, 1.54) is 26.9 Å². The summed E-state index contributed by atoms with van der Waals surface area (Å²) >= 11 is 1.83. The minimum Gasteiger partial charge on any atom is -0.346 e. The van der Waals surface area contributed by atoms with E-state index < -0.39 is 0 Å². The Labute approximate surface area is 124 Å². The van der Waals surface area contributed by atoms with Gasteiger partial charge >= 0.3 is 0 Å². The zero-order valence-corrected chi connectivity index (χ0v) is 12.8. The zero-order valence-electron chi connectivity index (χ0n) is 12.0. The summed E-state index contributed by atoms with van der Waals surface area (Å²) in [5, 5.41) is 7.03. The summed E-state index contributed by atoms with van der Waals surface area (Å²) in [6, 6.07) is 11.0. The highest BCUT2D eigenvalue weighted by molar-refractivity contribution is 7.10. The van der Waals surface area contributed by atoms with Crippen molar-refractivity contribution in [1.82, 2.24) is 9.88 Å². The van der Waals surface area contributed by atoms with E-state index in [1.807, 2.05) is 11.3 Å². The maximum absolute atomic E-state index is 3.53. The van der Waals surface area contributed by atoms with Crippen molar-refractivity contribution in [3.8, 4) is 0 Å². The van der Waals surface area contributed by atoms with Crippen LogP contribution in [0.15, 0.2) is 41.9 Å². The van der Waals surface area contributed by atoms with E-state index in [1.54, 1.807) is 0 Å². The van der Waals surface area contributed by atoms with Crippen molar-refractivity contribution in [1.29, 1.82) is 0 Å². The Morgan fingerprint density at radius 1 is 1.15 bits per heavy atom. The summed E-state index contributed by atoms with van der Waals surface area (Å²) in [4.78, 5) is 1.44. The van der Waals surface area contributed by atoms with Crippen LogP contribution in [0.1, 0.15) is 16.0 Å². The van der Waals surface area contributed by atoms with Gasteiger partial charge in [0.1, 0.15) is 0 Å². The molecular formula is C17H20N2S. The van der Waals surface area contributed by atoms with Gasteiger partial charge in [0.15, 0.2) is 0 Å². The summed E-state index contributed by atoms with van der Waals surface area (Å²) in [6.07, 6.45) is 2.18. The van der Waals surface area contributed by atoms with Crippen molar-refractivity contribution >= 4 is 22.2 Å². The predicted molar refractivity (Wildman–Crippen MR) is 87.4 cm³/mol. The van der Waals surface area contributed by atoms with Crippen LogP contribution in [0.3, 0.4) is 0 Å². The number of benzene rings is 1. The third-order valence-electron chi connectivity index (χ3n) is 3.71. The van der Waals surface area contributed by atoms with Crippen LogP contribution < -0.4 is 5.32 Å². The van der Waals surface area contributed by atoms with Crippen LogP contribution in [0.5, 0.6) is 0 Å². The number of hydrogen-bond donors (Lipinski definition) is 1.